The van der Waals surface area contributed by atoms with E-state index in [0.29, 0.717) is 11.4 Å². The molecule has 1 aromatic heterocycles. The second-order valence-electron chi connectivity index (χ2n) is 3.65. The van der Waals surface area contributed by atoms with Gasteiger partial charge in [-0.15, -0.1) is 0 Å². The third-order valence-electron chi connectivity index (χ3n) is 2.28. The van der Waals surface area contributed by atoms with Gasteiger partial charge in [0.1, 0.15) is 5.82 Å². The first-order chi connectivity index (χ1) is 8.16. The Bertz CT molecular complexity index is 540. The lowest BCUT2D eigenvalue weighted by molar-refractivity contribution is 0.102. The number of amides is 1. The van der Waals surface area contributed by atoms with Crippen LogP contribution in [0.3, 0.4) is 0 Å². The summed E-state index contributed by atoms with van der Waals surface area (Å²) in [5, 5.41) is 2.74. The highest BCUT2D eigenvalue weighted by Crippen LogP contribution is 2.19. The third kappa shape index (κ3) is 2.91. The zero-order valence-electron chi connectivity index (χ0n) is 9.27. The van der Waals surface area contributed by atoms with Crippen molar-refractivity contribution in [1.82, 2.24) is 4.98 Å². The Morgan fingerprint density at radius 2 is 2.12 bits per heavy atom. The normalized spacial score (nSPS) is 10.0. The number of carbonyl (C=O) groups is 1. The molecule has 0 spiro atoms. The average Bonchev–Trinajstić information content (AvgIpc) is 2.30. The van der Waals surface area contributed by atoms with Gasteiger partial charge in [-0.3, -0.25) is 4.79 Å². The summed E-state index contributed by atoms with van der Waals surface area (Å²) in [6, 6.07) is 11.0. The molecular formula is C13H11BrN2O. The number of rotatable bonds is 2. The number of halogens is 1. The Morgan fingerprint density at radius 1 is 1.29 bits per heavy atom. The van der Waals surface area contributed by atoms with Gasteiger partial charge < -0.3 is 5.32 Å². The number of carbonyl (C=O) groups excluding carboxylic acids is 1. The van der Waals surface area contributed by atoms with Crippen LogP contribution in [0.2, 0.25) is 0 Å². The molecule has 0 bridgehead atoms. The van der Waals surface area contributed by atoms with Crippen LogP contribution in [0.4, 0.5) is 5.82 Å². The molecule has 3 nitrogen and oxygen atoms in total. The van der Waals surface area contributed by atoms with Crippen LogP contribution < -0.4 is 5.32 Å². The Labute approximate surface area is 108 Å². The molecule has 0 saturated heterocycles. The van der Waals surface area contributed by atoms with Gasteiger partial charge in [-0.1, -0.05) is 12.1 Å². The van der Waals surface area contributed by atoms with Crippen LogP contribution >= 0.6 is 15.9 Å². The van der Waals surface area contributed by atoms with Crippen molar-refractivity contribution in [2.45, 2.75) is 6.92 Å². The first-order valence-electron chi connectivity index (χ1n) is 5.15. The van der Waals surface area contributed by atoms with Gasteiger partial charge in [0.2, 0.25) is 0 Å². The van der Waals surface area contributed by atoms with E-state index >= 15 is 0 Å². The summed E-state index contributed by atoms with van der Waals surface area (Å²) in [6.07, 6.45) is 1.64. The first-order valence-corrected chi connectivity index (χ1v) is 5.94. The summed E-state index contributed by atoms with van der Waals surface area (Å²) >= 11 is 3.38. The van der Waals surface area contributed by atoms with Crippen molar-refractivity contribution in [3.05, 3.63) is 58.2 Å². The van der Waals surface area contributed by atoms with Gasteiger partial charge in [-0.25, -0.2) is 4.98 Å². The van der Waals surface area contributed by atoms with E-state index in [1.54, 1.807) is 24.4 Å². The van der Waals surface area contributed by atoms with Crippen LogP contribution in [0.1, 0.15) is 15.9 Å². The maximum Gasteiger partial charge on any atom is 0.257 e. The van der Waals surface area contributed by atoms with Crippen molar-refractivity contribution < 1.29 is 4.79 Å². The molecule has 0 atom stereocenters. The number of aromatic nitrogens is 1. The van der Waals surface area contributed by atoms with Crippen LogP contribution in [0.25, 0.3) is 0 Å². The van der Waals surface area contributed by atoms with Crippen molar-refractivity contribution >= 4 is 27.7 Å². The standard InChI is InChI=1S/C13H11BrN2O/c1-9-5-6-10(11(14)8-9)13(17)16-12-4-2-3-7-15-12/h2-8H,1H3,(H,15,16,17). The van der Waals surface area contributed by atoms with E-state index in [1.807, 2.05) is 25.1 Å². The summed E-state index contributed by atoms with van der Waals surface area (Å²) in [4.78, 5) is 16.0. The molecule has 1 N–H and O–H groups in total. The van der Waals surface area contributed by atoms with Gasteiger partial charge in [0.05, 0.1) is 5.56 Å². The number of nitrogens with zero attached hydrogens (tertiary/aromatic N) is 1. The molecule has 4 heteroatoms. The minimum absolute atomic E-state index is 0.171. The van der Waals surface area contributed by atoms with Crippen LogP contribution in [0.5, 0.6) is 0 Å². The van der Waals surface area contributed by atoms with E-state index < -0.39 is 0 Å². The van der Waals surface area contributed by atoms with Crippen molar-refractivity contribution in [1.29, 1.82) is 0 Å². The summed E-state index contributed by atoms with van der Waals surface area (Å²) in [5.74, 6) is 0.376. The topological polar surface area (TPSA) is 42.0 Å². The van der Waals surface area contributed by atoms with Gasteiger partial charge in [-0.05, 0) is 52.7 Å². The molecule has 1 amide bonds. The Kier molecular flexibility index (Phi) is 3.54. The number of anilines is 1. The monoisotopic (exact) mass is 290 g/mol. The van der Waals surface area contributed by atoms with E-state index in [9.17, 15) is 4.79 Å². The van der Waals surface area contributed by atoms with Crippen LogP contribution in [0.15, 0.2) is 47.1 Å². The average molecular weight is 291 g/mol. The Balaban J connectivity index is 2.21. The van der Waals surface area contributed by atoms with Crippen molar-refractivity contribution in [2.24, 2.45) is 0 Å². The number of benzene rings is 1. The molecule has 0 aliphatic rings. The smallest absolute Gasteiger partial charge is 0.257 e. The Morgan fingerprint density at radius 3 is 2.76 bits per heavy atom. The fourth-order valence-corrected chi connectivity index (χ4v) is 2.10. The maximum atomic E-state index is 12.0. The highest BCUT2D eigenvalue weighted by molar-refractivity contribution is 9.10. The molecule has 17 heavy (non-hydrogen) atoms. The first kappa shape index (κ1) is 11.8. The maximum absolute atomic E-state index is 12.0. The highest BCUT2D eigenvalue weighted by Gasteiger charge is 2.10. The van der Waals surface area contributed by atoms with Gasteiger partial charge in [0.15, 0.2) is 0 Å². The molecule has 86 valence electrons. The molecule has 2 aromatic rings. The third-order valence-corrected chi connectivity index (χ3v) is 2.93. The quantitative estimate of drug-likeness (QED) is 0.921. The zero-order valence-corrected chi connectivity index (χ0v) is 10.9. The summed E-state index contributed by atoms with van der Waals surface area (Å²) < 4.78 is 0.783. The lowest BCUT2D eigenvalue weighted by Crippen LogP contribution is -2.13. The van der Waals surface area contributed by atoms with Gasteiger partial charge in [0, 0.05) is 10.7 Å². The largest absolute Gasteiger partial charge is 0.307 e. The van der Waals surface area contributed by atoms with Crippen LogP contribution in [0, 0.1) is 6.92 Å². The predicted molar refractivity (Wildman–Crippen MR) is 71.1 cm³/mol. The lowest BCUT2D eigenvalue weighted by atomic mass is 10.1. The molecule has 0 fully saturated rings. The van der Waals surface area contributed by atoms with E-state index in [2.05, 4.69) is 26.2 Å². The number of hydrogen-bond acceptors (Lipinski definition) is 2. The molecular weight excluding hydrogens is 280 g/mol. The molecule has 2 rings (SSSR count). The fraction of sp³-hybridized carbons (Fsp3) is 0.0769. The van der Waals surface area contributed by atoms with Crippen LogP contribution in [-0.4, -0.2) is 10.9 Å². The molecule has 0 aliphatic heterocycles. The second kappa shape index (κ2) is 5.10. The lowest BCUT2D eigenvalue weighted by Gasteiger charge is -2.06. The Hall–Kier alpha value is -1.68. The number of hydrogen-bond donors (Lipinski definition) is 1. The van der Waals surface area contributed by atoms with Crippen molar-refractivity contribution in [2.75, 3.05) is 5.32 Å². The van der Waals surface area contributed by atoms with Crippen LogP contribution in [-0.2, 0) is 0 Å². The minimum Gasteiger partial charge on any atom is -0.307 e. The molecule has 1 aromatic carbocycles. The van der Waals surface area contributed by atoms with Crippen molar-refractivity contribution in [3.8, 4) is 0 Å². The summed E-state index contributed by atoms with van der Waals surface area (Å²) in [7, 11) is 0. The fourth-order valence-electron chi connectivity index (χ4n) is 1.42. The number of aryl methyl sites for hydroxylation is 1. The molecule has 0 saturated carbocycles. The number of nitrogens with one attached hydrogen (secondary N) is 1. The predicted octanol–water partition coefficient (Wildman–Crippen LogP) is 3.40. The van der Waals surface area contributed by atoms with Gasteiger partial charge >= 0.3 is 0 Å². The summed E-state index contributed by atoms with van der Waals surface area (Å²) in [5.41, 5.74) is 1.70. The molecule has 1 heterocycles. The molecule has 0 radical (unpaired) electrons. The summed E-state index contributed by atoms with van der Waals surface area (Å²) in [6.45, 7) is 1.98. The second-order valence-corrected chi connectivity index (χ2v) is 4.51. The zero-order chi connectivity index (χ0) is 12.3. The number of pyridine rings is 1. The SMILES string of the molecule is Cc1ccc(C(=O)Nc2ccccn2)c(Br)c1. The van der Waals surface area contributed by atoms with E-state index in [1.165, 1.54) is 0 Å². The van der Waals surface area contributed by atoms with E-state index in [-0.39, 0.29) is 5.91 Å². The highest BCUT2D eigenvalue weighted by atomic mass is 79.9. The molecule has 0 unspecified atom stereocenters. The van der Waals surface area contributed by atoms with E-state index in [4.69, 9.17) is 0 Å². The van der Waals surface area contributed by atoms with Gasteiger partial charge in [0.25, 0.3) is 5.91 Å². The van der Waals surface area contributed by atoms with Crippen molar-refractivity contribution in [3.63, 3.8) is 0 Å². The van der Waals surface area contributed by atoms with E-state index in [0.717, 1.165) is 10.0 Å². The minimum atomic E-state index is -0.171. The molecule has 0 aliphatic carbocycles. The van der Waals surface area contributed by atoms with Gasteiger partial charge in [-0.2, -0.15) is 0 Å².